The van der Waals surface area contributed by atoms with E-state index in [0.29, 0.717) is 22.9 Å². The first-order valence-corrected chi connectivity index (χ1v) is 13.0. The zero-order valence-electron chi connectivity index (χ0n) is 20.8. The van der Waals surface area contributed by atoms with E-state index < -0.39 is 17.7 Å². The Kier molecular flexibility index (Phi) is 7.20. The Bertz CT molecular complexity index is 1510. The third-order valence-electron chi connectivity index (χ3n) is 6.36. The highest BCUT2D eigenvalue weighted by Crippen LogP contribution is 2.41. The average molecular weight is 523 g/mol. The van der Waals surface area contributed by atoms with Crippen LogP contribution in [-0.2, 0) is 16.1 Å². The molecular weight excluding hydrogens is 496 g/mol. The maximum Gasteiger partial charge on any atom is 0.296 e. The minimum atomic E-state index is -0.753. The number of aryl methyl sites for hydroxylation is 1. The molecule has 5 rings (SSSR count). The molecular formula is C31H26N2O4S. The molecule has 3 aromatic carbocycles. The fourth-order valence-electron chi connectivity index (χ4n) is 4.43. The molecule has 1 aromatic heterocycles. The fraction of sp³-hybridized carbons (Fsp3) is 0.129. The van der Waals surface area contributed by atoms with Crippen LogP contribution in [0.25, 0.3) is 17.0 Å². The van der Waals surface area contributed by atoms with E-state index in [9.17, 15) is 14.7 Å². The number of nitrogens with zero attached hydrogens (tertiary/aromatic N) is 2. The number of aliphatic hydroxyl groups excluding tert-OH is 1. The summed E-state index contributed by atoms with van der Waals surface area (Å²) in [5.74, 6) is -1.01. The second-order valence-corrected chi connectivity index (χ2v) is 9.90. The summed E-state index contributed by atoms with van der Waals surface area (Å²) in [4.78, 5) is 32.9. The number of ketones is 1. The van der Waals surface area contributed by atoms with Crippen LogP contribution in [0.15, 0.2) is 102 Å². The third-order valence-corrected chi connectivity index (χ3v) is 7.19. The van der Waals surface area contributed by atoms with Gasteiger partial charge >= 0.3 is 0 Å². The van der Waals surface area contributed by atoms with Gasteiger partial charge in [0, 0.05) is 16.5 Å². The molecule has 2 heterocycles. The van der Waals surface area contributed by atoms with Crippen LogP contribution in [0.2, 0.25) is 0 Å². The molecule has 4 aromatic rings. The number of Topliss-reactive ketones (excluding diaryl/α,β-unsaturated/α-hetero) is 1. The van der Waals surface area contributed by atoms with Gasteiger partial charge < -0.3 is 14.7 Å². The number of rotatable bonds is 8. The van der Waals surface area contributed by atoms with Gasteiger partial charge in [0.05, 0.1) is 23.9 Å². The second-order valence-electron chi connectivity index (χ2n) is 8.95. The molecule has 1 aliphatic rings. The lowest BCUT2D eigenvalue weighted by Gasteiger charge is -2.24. The standard InChI is InChI=1S/C31H26N2O4S/c1-3-17-37-24-15-13-23(14-16-24)29(34)27-28(22-11-9-20(2)10-12-22)33(31(36)30(27)35)18-26-32-25(19-38-26)21-7-5-4-6-8-21/h3-16,19,28,34H,1,17-18H2,2H3/t28-/m1/s1. The summed E-state index contributed by atoms with van der Waals surface area (Å²) < 4.78 is 5.52. The first-order chi connectivity index (χ1) is 18.5. The molecule has 7 heteroatoms. The number of benzene rings is 3. The lowest BCUT2D eigenvalue weighted by molar-refractivity contribution is -0.140. The van der Waals surface area contributed by atoms with Crippen molar-refractivity contribution in [2.24, 2.45) is 0 Å². The molecule has 1 fully saturated rings. The van der Waals surface area contributed by atoms with Crippen LogP contribution in [0.5, 0.6) is 5.75 Å². The zero-order chi connectivity index (χ0) is 26.6. The Hall–Kier alpha value is -4.49. The van der Waals surface area contributed by atoms with Crippen LogP contribution >= 0.6 is 11.3 Å². The van der Waals surface area contributed by atoms with Gasteiger partial charge in [-0.05, 0) is 36.8 Å². The third kappa shape index (κ3) is 5.01. The minimum absolute atomic E-state index is 0.0541. The maximum atomic E-state index is 13.3. The molecule has 1 atom stereocenters. The van der Waals surface area contributed by atoms with Crippen LogP contribution in [-0.4, -0.2) is 33.3 Å². The van der Waals surface area contributed by atoms with Gasteiger partial charge in [0.15, 0.2) is 0 Å². The van der Waals surface area contributed by atoms with E-state index in [0.717, 1.165) is 22.4 Å². The summed E-state index contributed by atoms with van der Waals surface area (Å²) in [5, 5.41) is 14.0. The molecule has 1 amide bonds. The van der Waals surface area contributed by atoms with Crippen molar-refractivity contribution in [2.75, 3.05) is 6.61 Å². The molecule has 38 heavy (non-hydrogen) atoms. The Labute approximate surface area is 225 Å². The Morgan fingerprint density at radius 1 is 1.05 bits per heavy atom. The van der Waals surface area contributed by atoms with E-state index in [-0.39, 0.29) is 17.9 Å². The first-order valence-electron chi connectivity index (χ1n) is 12.1. The van der Waals surface area contributed by atoms with Crippen LogP contribution < -0.4 is 4.74 Å². The fourth-order valence-corrected chi connectivity index (χ4v) is 5.23. The number of hydrogen-bond donors (Lipinski definition) is 1. The Morgan fingerprint density at radius 3 is 2.45 bits per heavy atom. The number of thiazole rings is 1. The molecule has 1 N–H and O–H groups in total. The van der Waals surface area contributed by atoms with Gasteiger partial charge in [0.2, 0.25) is 0 Å². The van der Waals surface area contributed by atoms with Crippen molar-refractivity contribution in [1.29, 1.82) is 0 Å². The molecule has 0 spiro atoms. The van der Waals surface area contributed by atoms with Gasteiger partial charge in [0.1, 0.15) is 23.1 Å². The molecule has 0 bridgehead atoms. The van der Waals surface area contributed by atoms with Gasteiger partial charge in [-0.15, -0.1) is 11.3 Å². The normalized spacial score (nSPS) is 16.6. The molecule has 1 aliphatic heterocycles. The summed E-state index contributed by atoms with van der Waals surface area (Å²) >= 11 is 1.43. The predicted octanol–water partition coefficient (Wildman–Crippen LogP) is 6.31. The lowest BCUT2D eigenvalue weighted by atomic mass is 9.94. The predicted molar refractivity (Wildman–Crippen MR) is 149 cm³/mol. The number of amides is 1. The van der Waals surface area contributed by atoms with E-state index in [4.69, 9.17) is 9.72 Å². The highest BCUT2D eigenvalue weighted by Gasteiger charge is 2.46. The van der Waals surface area contributed by atoms with E-state index in [1.165, 1.54) is 16.2 Å². The smallest absolute Gasteiger partial charge is 0.296 e. The van der Waals surface area contributed by atoms with Gasteiger partial charge in [-0.1, -0.05) is 72.8 Å². The molecule has 190 valence electrons. The summed E-state index contributed by atoms with van der Waals surface area (Å²) in [5.41, 5.74) is 4.06. The minimum Gasteiger partial charge on any atom is -0.507 e. The largest absolute Gasteiger partial charge is 0.507 e. The van der Waals surface area contributed by atoms with Crippen molar-refractivity contribution in [3.05, 3.63) is 124 Å². The van der Waals surface area contributed by atoms with Crippen molar-refractivity contribution in [3.8, 4) is 17.0 Å². The van der Waals surface area contributed by atoms with E-state index in [2.05, 4.69) is 6.58 Å². The molecule has 0 radical (unpaired) electrons. The lowest BCUT2D eigenvalue weighted by Crippen LogP contribution is -2.29. The molecule has 1 saturated heterocycles. The summed E-state index contributed by atoms with van der Waals surface area (Å²) in [7, 11) is 0. The van der Waals surface area contributed by atoms with Crippen molar-refractivity contribution in [3.63, 3.8) is 0 Å². The van der Waals surface area contributed by atoms with Crippen LogP contribution in [0.1, 0.15) is 27.7 Å². The molecule has 0 unspecified atom stereocenters. The van der Waals surface area contributed by atoms with Crippen LogP contribution in [0, 0.1) is 6.92 Å². The zero-order valence-corrected chi connectivity index (χ0v) is 21.7. The number of carbonyl (C=O) groups excluding carboxylic acids is 2. The molecule has 6 nitrogen and oxygen atoms in total. The van der Waals surface area contributed by atoms with Crippen molar-refractivity contribution in [2.45, 2.75) is 19.5 Å². The van der Waals surface area contributed by atoms with E-state index in [1.807, 2.05) is 66.9 Å². The number of ether oxygens (including phenoxy) is 1. The van der Waals surface area contributed by atoms with Gasteiger partial charge in [-0.2, -0.15) is 0 Å². The number of aromatic nitrogens is 1. The average Bonchev–Trinajstić information content (AvgIpc) is 3.51. The first kappa shape index (κ1) is 25.2. The van der Waals surface area contributed by atoms with Gasteiger partial charge in [-0.3, -0.25) is 9.59 Å². The summed E-state index contributed by atoms with van der Waals surface area (Å²) in [6.07, 6.45) is 1.64. The monoisotopic (exact) mass is 522 g/mol. The van der Waals surface area contributed by atoms with Crippen molar-refractivity contribution < 1.29 is 19.4 Å². The SMILES string of the molecule is C=CCOc1ccc(C(O)=C2C(=O)C(=O)N(Cc3nc(-c4ccccc4)cs3)[C@@H]2c2ccc(C)cc2)cc1. The van der Waals surface area contributed by atoms with Crippen molar-refractivity contribution >= 4 is 28.8 Å². The molecule has 0 aliphatic carbocycles. The summed E-state index contributed by atoms with van der Waals surface area (Å²) in [6, 6.07) is 23.4. The topological polar surface area (TPSA) is 79.7 Å². The van der Waals surface area contributed by atoms with E-state index >= 15 is 0 Å². The summed E-state index contributed by atoms with van der Waals surface area (Å²) in [6.45, 7) is 6.10. The quantitative estimate of drug-likeness (QED) is 0.127. The van der Waals surface area contributed by atoms with Crippen LogP contribution in [0.4, 0.5) is 0 Å². The van der Waals surface area contributed by atoms with Gasteiger partial charge in [0.25, 0.3) is 11.7 Å². The van der Waals surface area contributed by atoms with Gasteiger partial charge in [-0.25, -0.2) is 4.98 Å². The number of likely N-dealkylation sites (tertiary alicyclic amines) is 1. The van der Waals surface area contributed by atoms with E-state index in [1.54, 1.807) is 30.3 Å². The Balaban J connectivity index is 1.53. The highest BCUT2D eigenvalue weighted by atomic mass is 32.1. The van der Waals surface area contributed by atoms with Crippen LogP contribution in [0.3, 0.4) is 0 Å². The number of aliphatic hydroxyl groups is 1. The number of hydrogen-bond acceptors (Lipinski definition) is 6. The second kappa shape index (κ2) is 10.9. The highest BCUT2D eigenvalue weighted by molar-refractivity contribution is 7.09. The van der Waals surface area contributed by atoms with Crippen molar-refractivity contribution in [1.82, 2.24) is 9.88 Å². The Morgan fingerprint density at radius 2 is 1.76 bits per heavy atom. The molecule has 0 saturated carbocycles. The maximum absolute atomic E-state index is 13.3. The number of carbonyl (C=O) groups is 2.